The summed E-state index contributed by atoms with van der Waals surface area (Å²) in [6.45, 7) is 5.47. The van der Waals surface area contributed by atoms with Crippen LogP contribution in [0.2, 0.25) is 10.0 Å². The highest BCUT2D eigenvalue weighted by atomic mass is 35.5. The zero-order valence-electron chi connectivity index (χ0n) is 10.9. The Hall–Kier alpha value is -0.600. The van der Waals surface area contributed by atoms with Gasteiger partial charge in [0.15, 0.2) is 0 Å². The van der Waals surface area contributed by atoms with Crippen LogP contribution in [0.4, 0.5) is 11.4 Å². The van der Waals surface area contributed by atoms with Crippen LogP contribution in [0, 0.1) is 5.92 Å². The van der Waals surface area contributed by atoms with Crippen molar-refractivity contribution in [1.82, 2.24) is 0 Å². The van der Waals surface area contributed by atoms with Gasteiger partial charge in [0.1, 0.15) is 0 Å². The number of nitrogen functional groups attached to an aromatic ring is 1. The predicted molar refractivity (Wildman–Crippen MR) is 80.7 cm³/mol. The summed E-state index contributed by atoms with van der Waals surface area (Å²) in [7, 11) is 0. The van der Waals surface area contributed by atoms with Crippen molar-refractivity contribution in [3.63, 3.8) is 0 Å². The highest BCUT2D eigenvalue weighted by Crippen LogP contribution is 2.41. The molecule has 0 radical (unpaired) electrons. The van der Waals surface area contributed by atoms with Gasteiger partial charge in [0.2, 0.25) is 0 Å². The average Bonchev–Trinajstić information content (AvgIpc) is 3.04. The molecule has 4 heteroatoms. The van der Waals surface area contributed by atoms with E-state index < -0.39 is 0 Å². The van der Waals surface area contributed by atoms with E-state index >= 15 is 0 Å². The van der Waals surface area contributed by atoms with Crippen LogP contribution in [-0.4, -0.2) is 12.6 Å². The molecule has 1 aromatic rings. The Bertz CT molecular complexity index is 405. The highest BCUT2D eigenvalue weighted by Gasteiger charge is 2.31. The Kier molecular flexibility index (Phi) is 4.29. The average molecular weight is 287 g/mol. The second-order valence-electron chi connectivity index (χ2n) is 5.44. The quantitative estimate of drug-likeness (QED) is 0.802. The lowest BCUT2D eigenvalue weighted by molar-refractivity contribution is 0.571. The molecular formula is C14H20Cl2N2. The molecule has 0 bridgehead atoms. The smallest absolute Gasteiger partial charge is 0.0749 e. The summed E-state index contributed by atoms with van der Waals surface area (Å²) < 4.78 is 0. The van der Waals surface area contributed by atoms with E-state index in [4.69, 9.17) is 28.9 Å². The molecular weight excluding hydrogens is 267 g/mol. The molecule has 0 amide bonds. The Labute approximate surface area is 119 Å². The Balaban J connectivity index is 2.25. The van der Waals surface area contributed by atoms with E-state index in [1.165, 1.54) is 12.8 Å². The number of nitrogens with zero attached hydrogens (tertiary/aromatic N) is 1. The van der Waals surface area contributed by atoms with E-state index in [1.807, 2.05) is 0 Å². The van der Waals surface area contributed by atoms with Crippen molar-refractivity contribution in [3.8, 4) is 0 Å². The first-order chi connectivity index (χ1) is 8.49. The van der Waals surface area contributed by atoms with Gasteiger partial charge >= 0.3 is 0 Å². The first-order valence-corrected chi connectivity index (χ1v) is 7.25. The molecule has 1 aromatic carbocycles. The number of rotatable bonds is 5. The van der Waals surface area contributed by atoms with Crippen molar-refractivity contribution in [2.24, 2.45) is 5.92 Å². The third-order valence-electron chi connectivity index (χ3n) is 3.26. The number of halogens is 2. The molecule has 0 heterocycles. The third kappa shape index (κ3) is 3.24. The molecule has 0 aliphatic heterocycles. The number of anilines is 2. The van der Waals surface area contributed by atoms with E-state index in [1.54, 1.807) is 12.1 Å². The van der Waals surface area contributed by atoms with Crippen molar-refractivity contribution >= 4 is 34.6 Å². The lowest BCUT2D eigenvalue weighted by atomic mass is 10.1. The summed E-state index contributed by atoms with van der Waals surface area (Å²) in [4.78, 5) is 2.35. The van der Waals surface area contributed by atoms with Gasteiger partial charge < -0.3 is 10.6 Å². The summed E-state index contributed by atoms with van der Waals surface area (Å²) in [6, 6.07) is 4.17. The first kappa shape index (κ1) is 13.8. The van der Waals surface area contributed by atoms with Crippen LogP contribution < -0.4 is 10.6 Å². The second-order valence-corrected chi connectivity index (χ2v) is 6.25. The van der Waals surface area contributed by atoms with Crippen molar-refractivity contribution in [1.29, 1.82) is 0 Å². The van der Waals surface area contributed by atoms with E-state index in [9.17, 15) is 0 Å². The molecule has 2 N–H and O–H groups in total. The number of benzene rings is 1. The van der Waals surface area contributed by atoms with Crippen LogP contribution in [0.5, 0.6) is 0 Å². The lowest BCUT2D eigenvalue weighted by Crippen LogP contribution is -2.28. The maximum Gasteiger partial charge on any atom is 0.0749 e. The summed E-state index contributed by atoms with van der Waals surface area (Å²) in [6.07, 6.45) is 3.61. The zero-order chi connectivity index (χ0) is 13.3. The van der Waals surface area contributed by atoms with Gasteiger partial charge in [0.05, 0.1) is 15.7 Å². The molecule has 0 atom stereocenters. The van der Waals surface area contributed by atoms with Crippen molar-refractivity contribution in [3.05, 3.63) is 22.2 Å². The first-order valence-electron chi connectivity index (χ1n) is 6.50. The van der Waals surface area contributed by atoms with Gasteiger partial charge in [0.25, 0.3) is 0 Å². The molecule has 2 nitrogen and oxygen atoms in total. The van der Waals surface area contributed by atoms with Gasteiger partial charge in [-0.15, -0.1) is 0 Å². The summed E-state index contributed by atoms with van der Waals surface area (Å²) in [5.41, 5.74) is 7.33. The highest BCUT2D eigenvalue weighted by molar-refractivity contribution is 6.39. The number of nitrogens with two attached hydrogens (primary N) is 1. The second kappa shape index (κ2) is 5.58. The molecule has 0 unspecified atom stereocenters. The van der Waals surface area contributed by atoms with E-state index in [2.05, 4.69) is 18.7 Å². The number of hydrogen-bond acceptors (Lipinski definition) is 2. The SMILES string of the molecule is CC(C)CCN(c1c(Cl)cc(N)cc1Cl)C1CC1. The van der Waals surface area contributed by atoms with E-state index in [-0.39, 0.29) is 0 Å². The molecule has 1 fully saturated rings. The molecule has 0 spiro atoms. The normalized spacial score (nSPS) is 15.2. The number of hydrogen-bond donors (Lipinski definition) is 1. The fourth-order valence-electron chi connectivity index (χ4n) is 2.12. The van der Waals surface area contributed by atoms with Crippen molar-refractivity contribution < 1.29 is 0 Å². The van der Waals surface area contributed by atoms with Gasteiger partial charge in [-0.2, -0.15) is 0 Å². The molecule has 1 aliphatic rings. The van der Waals surface area contributed by atoms with Gasteiger partial charge in [-0.05, 0) is 37.3 Å². The van der Waals surface area contributed by atoms with Crippen LogP contribution in [-0.2, 0) is 0 Å². The van der Waals surface area contributed by atoms with Crippen LogP contribution in [0.15, 0.2) is 12.1 Å². The van der Waals surface area contributed by atoms with E-state index in [0.717, 1.165) is 18.7 Å². The molecule has 100 valence electrons. The minimum atomic E-state index is 0.599. The van der Waals surface area contributed by atoms with Crippen LogP contribution in [0.1, 0.15) is 33.1 Å². The largest absolute Gasteiger partial charge is 0.399 e. The molecule has 1 saturated carbocycles. The fourth-order valence-corrected chi connectivity index (χ4v) is 2.84. The predicted octanol–water partition coefficient (Wildman–Crippen LogP) is 4.59. The summed E-state index contributed by atoms with van der Waals surface area (Å²) in [5.74, 6) is 0.678. The topological polar surface area (TPSA) is 29.3 Å². The molecule has 0 aromatic heterocycles. The van der Waals surface area contributed by atoms with E-state index in [0.29, 0.717) is 27.7 Å². The van der Waals surface area contributed by atoms with Gasteiger partial charge in [-0.25, -0.2) is 0 Å². The monoisotopic (exact) mass is 286 g/mol. The van der Waals surface area contributed by atoms with Crippen LogP contribution >= 0.6 is 23.2 Å². The third-order valence-corrected chi connectivity index (χ3v) is 3.84. The zero-order valence-corrected chi connectivity index (χ0v) is 12.4. The maximum absolute atomic E-state index is 6.31. The van der Waals surface area contributed by atoms with Gasteiger partial charge in [-0.3, -0.25) is 0 Å². The van der Waals surface area contributed by atoms with Crippen molar-refractivity contribution in [2.75, 3.05) is 17.2 Å². The van der Waals surface area contributed by atoms with Crippen LogP contribution in [0.3, 0.4) is 0 Å². The maximum atomic E-state index is 6.31. The molecule has 0 saturated heterocycles. The summed E-state index contributed by atoms with van der Waals surface area (Å²) >= 11 is 12.6. The van der Waals surface area contributed by atoms with Gasteiger partial charge in [-0.1, -0.05) is 37.0 Å². The Morgan fingerprint density at radius 3 is 2.28 bits per heavy atom. The Morgan fingerprint density at radius 2 is 1.83 bits per heavy atom. The molecule has 18 heavy (non-hydrogen) atoms. The standard InChI is InChI=1S/C14H20Cl2N2/c1-9(2)5-6-18(11-3-4-11)14-12(15)7-10(17)8-13(14)16/h7-9,11H,3-6,17H2,1-2H3. The minimum Gasteiger partial charge on any atom is -0.399 e. The molecule has 1 aliphatic carbocycles. The Morgan fingerprint density at radius 1 is 1.28 bits per heavy atom. The minimum absolute atomic E-state index is 0.599. The lowest BCUT2D eigenvalue weighted by Gasteiger charge is -2.27. The van der Waals surface area contributed by atoms with Gasteiger partial charge in [0, 0.05) is 18.3 Å². The van der Waals surface area contributed by atoms with Crippen molar-refractivity contribution in [2.45, 2.75) is 39.2 Å². The van der Waals surface area contributed by atoms with Crippen LogP contribution in [0.25, 0.3) is 0 Å². The summed E-state index contributed by atoms with van der Waals surface area (Å²) in [5, 5.41) is 1.33. The molecule has 2 rings (SSSR count). The fraction of sp³-hybridized carbons (Fsp3) is 0.571.